The summed E-state index contributed by atoms with van der Waals surface area (Å²) in [5.74, 6) is 0. The van der Waals surface area contributed by atoms with Crippen LogP contribution in [0.15, 0.2) is 96.1 Å². The zero-order valence-corrected chi connectivity index (χ0v) is 27.5. The van der Waals surface area contributed by atoms with Crippen molar-refractivity contribution >= 4 is 51.7 Å². The highest BCUT2D eigenvalue weighted by Crippen LogP contribution is 2.40. The fraction of sp³-hybridized carbons (Fsp3) is 0.364. The predicted octanol–water partition coefficient (Wildman–Crippen LogP) is 5.07. The standard InChI is InChI=1S/C33H41N3O5SSi/c1-33(2,3)43(25-14-9-7-10-15-25,26-16-11-8-12-17-26)39-23-31-30(41-42(6,37)38)22-32(40-31)36-21-20-27-28(34-24-35(4)5)18-13-19-29(27)36/h7-21,24,30-32H,22-23H2,1-6H3/t30-,31+,32+/m0/s1. The first-order valence-electron chi connectivity index (χ1n) is 14.5. The van der Waals surface area contributed by atoms with Crippen LogP contribution in [0.3, 0.4) is 0 Å². The Morgan fingerprint density at radius 2 is 1.60 bits per heavy atom. The number of ether oxygens (including phenoxy) is 1. The molecular weight excluding hydrogens is 579 g/mol. The van der Waals surface area contributed by atoms with Crippen molar-refractivity contribution in [2.24, 2.45) is 4.99 Å². The maximum atomic E-state index is 12.4. The third-order valence-electron chi connectivity index (χ3n) is 7.84. The second-order valence-electron chi connectivity index (χ2n) is 12.3. The zero-order chi connectivity index (χ0) is 30.8. The van der Waals surface area contributed by atoms with E-state index in [1.165, 1.54) is 0 Å². The summed E-state index contributed by atoms with van der Waals surface area (Å²) in [6.45, 7) is 6.82. The molecule has 3 aromatic carbocycles. The Balaban J connectivity index is 1.50. The molecule has 8 nitrogen and oxygen atoms in total. The molecule has 1 saturated heterocycles. The lowest BCUT2D eigenvalue weighted by Gasteiger charge is -2.43. The van der Waals surface area contributed by atoms with Gasteiger partial charge in [-0.15, -0.1) is 0 Å². The molecule has 1 fully saturated rings. The second-order valence-corrected chi connectivity index (χ2v) is 18.2. The van der Waals surface area contributed by atoms with Gasteiger partial charge in [-0.2, -0.15) is 8.42 Å². The van der Waals surface area contributed by atoms with Crippen molar-refractivity contribution < 1.29 is 21.8 Å². The zero-order valence-electron chi connectivity index (χ0n) is 25.7. The molecule has 0 bridgehead atoms. The Morgan fingerprint density at radius 3 is 2.16 bits per heavy atom. The Bertz CT molecular complexity index is 1630. The normalized spacial score (nSPS) is 19.8. The molecule has 5 rings (SSSR count). The summed E-state index contributed by atoms with van der Waals surface area (Å²) in [4.78, 5) is 6.50. The Labute approximate surface area is 256 Å². The van der Waals surface area contributed by atoms with Crippen LogP contribution in [-0.2, 0) is 23.5 Å². The Hall–Kier alpha value is -3.28. The van der Waals surface area contributed by atoms with E-state index in [0.29, 0.717) is 6.42 Å². The van der Waals surface area contributed by atoms with E-state index in [2.05, 4.69) is 50.0 Å². The summed E-state index contributed by atoms with van der Waals surface area (Å²) in [6.07, 6.45) is 3.43. The molecule has 0 spiro atoms. The van der Waals surface area contributed by atoms with Crippen molar-refractivity contribution in [3.63, 3.8) is 0 Å². The summed E-state index contributed by atoms with van der Waals surface area (Å²) in [7, 11) is -2.76. The van der Waals surface area contributed by atoms with Gasteiger partial charge in [0.25, 0.3) is 18.4 Å². The average Bonchev–Trinajstić information content (AvgIpc) is 3.56. The number of fused-ring (bicyclic) bond motifs is 1. The van der Waals surface area contributed by atoms with Crippen LogP contribution in [0.1, 0.15) is 33.4 Å². The number of aliphatic imine (C=N–C) groups is 1. The molecule has 0 unspecified atom stereocenters. The lowest BCUT2D eigenvalue weighted by Crippen LogP contribution is -2.67. The molecule has 10 heteroatoms. The highest BCUT2D eigenvalue weighted by Gasteiger charge is 2.51. The Morgan fingerprint density at radius 1 is 0.977 bits per heavy atom. The summed E-state index contributed by atoms with van der Waals surface area (Å²) in [6, 6.07) is 28.7. The van der Waals surface area contributed by atoms with Gasteiger partial charge in [0.1, 0.15) is 18.4 Å². The van der Waals surface area contributed by atoms with Gasteiger partial charge in [-0.05, 0) is 33.6 Å². The van der Waals surface area contributed by atoms with Crippen LogP contribution in [0.25, 0.3) is 10.9 Å². The molecule has 1 aliphatic rings. The predicted molar refractivity (Wildman–Crippen MR) is 176 cm³/mol. The van der Waals surface area contributed by atoms with E-state index in [1.807, 2.05) is 90.4 Å². The highest BCUT2D eigenvalue weighted by atomic mass is 32.2. The van der Waals surface area contributed by atoms with Gasteiger partial charge in [-0.1, -0.05) is 87.5 Å². The molecular formula is C33H41N3O5SSi. The fourth-order valence-electron chi connectivity index (χ4n) is 6.03. The molecule has 1 aliphatic heterocycles. The topological polar surface area (TPSA) is 82.4 Å². The molecule has 2 heterocycles. The number of benzene rings is 3. The van der Waals surface area contributed by atoms with Crippen LogP contribution < -0.4 is 10.4 Å². The number of hydrogen-bond donors (Lipinski definition) is 0. The van der Waals surface area contributed by atoms with E-state index in [4.69, 9.17) is 13.3 Å². The van der Waals surface area contributed by atoms with Crippen molar-refractivity contribution in [1.29, 1.82) is 0 Å². The monoisotopic (exact) mass is 619 g/mol. The van der Waals surface area contributed by atoms with Gasteiger partial charge in [-0.3, -0.25) is 4.18 Å². The van der Waals surface area contributed by atoms with Crippen LogP contribution in [0, 0.1) is 0 Å². The van der Waals surface area contributed by atoms with Gasteiger partial charge in [0, 0.05) is 32.1 Å². The average molecular weight is 620 g/mol. The number of hydrogen-bond acceptors (Lipinski definition) is 6. The molecule has 3 atom stereocenters. The van der Waals surface area contributed by atoms with Crippen molar-refractivity contribution in [2.45, 2.75) is 50.7 Å². The minimum absolute atomic E-state index is 0.182. The van der Waals surface area contributed by atoms with Gasteiger partial charge in [-0.25, -0.2) is 4.99 Å². The van der Waals surface area contributed by atoms with Crippen molar-refractivity contribution in [1.82, 2.24) is 9.47 Å². The SMILES string of the molecule is CN(C)C=Nc1cccc2c1ccn2[C@H]1C[C@H](OS(C)(=O)=O)[C@@H](CO[Si](c2ccccc2)(c2ccccc2)C(C)(C)C)O1. The van der Waals surface area contributed by atoms with Gasteiger partial charge in [0.2, 0.25) is 0 Å². The van der Waals surface area contributed by atoms with Gasteiger partial charge >= 0.3 is 0 Å². The third kappa shape index (κ3) is 6.63. The molecule has 4 aromatic rings. The maximum Gasteiger partial charge on any atom is 0.264 e. The largest absolute Gasteiger partial charge is 0.405 e. The first-order valence-corrected chi connectivity index (χ1v) is 18.2. The fourth-order valence-corrected chi connectivity index (χ4v) is 11.3. The minimum Gasteiger partial charge on any atom is -0.405 e. The highest BCUT2D eigenvalue weighted by molar-refractivity contribution is 7.86. The molecule has 228 valence electrons. The maximum absolute atomic E-state index is 12.4. The van der Waals surface area contributed by atoms with Crippen LogP contribution in [0.2, 0.25) is 5.04 Å². The van der Waals surface area contributed by atoms with E-state index in [1.54, 1.807) is 6.34 Å². The molecule has 43 heavy (non-hydrogen) atoms. The van der Waals surface area contributed by atoms with Gasteiger partial charge in [0.15, 0.2) is 0 Å². The van der Waals surface area contributed by atoms with E-state index >= 15 is 0 Å². The summed E-state index contributed by atoms with van der Waals surface area (Å²) < 4.78 is 46.2. The number of aromatic nitrogens is 1. The van der Waals surface area contributed by atoms with Crippen LogP contribution in [-0.4, -0.2) is 71.7 Å². The first kappa shape index (κ1) is 31.2. The van der Waals surface area contributed by atoms with Crippen LogP contribution >= 0.6 is 0 Å². The quantitative estimate of drug-likeness (QED) is 0.107. The van der Waals surface area contributed by atoms with E-state index in [-0.39, 0.29) is 11.6 Å². The van der Waals surface area contributed by atoms with Gasteiger partial charge < -0.3 is 18.6 Å². The summed E-state index contributed by atoms with van der Waals surface area (Å²) >= 11 is 0. The first-order chi connectivity index (χ1) is 20.4. The molecule has 0 amide bonds. The van der Waals surface area contributed by atoms with Crippen LogP contribution in [0.4, 0.5) is 5.69 Å². The lowest BCUT2D eigenvalue weighted by molar-refractivity contribution is -0.0346. The van der Waals surface area contributed by atoms with E-state index < -0.39 is 36.9 Å². The molecule has 0 N–H and O–H groups in total. The molecule has 0 saturated carbocycles. The summed E-state index contributed by atoms with van der Waals surface area (Å²) in [5, 5.41) is 3.04. The molecule has 0 aliphatic carbocycles. The number of nitrogens with zero attached hydrogens (tertiary/aromatic N) is 3. The van der Waals surface area contributed by atoms with E-state index in [9.17, 15) is 8.42 Å². The molecule has 1 aromatic heterocycles. The molecule has 0 radical (unpaired) electrons. The van der Waals surface area contributed by atoms with Crippen LogP contribution in [0.5, 0.6) is 0 Å². The summed E-state index contributed by atoms with van der Waals surface area (Å²) in [5.41, 5.74) is 1.79. The van der Waals surface area contributed by atoms with Crippen molar-refractivity contribution in [2.75, 3.05) is 27.0 Å². The second kappa shape index (κ2) is 12.4. The smallest absolute Gasteiger partial charge is 0.264 e. The Kier molecular flexibility index (Phi) is 8.96. The number of rotatable bonds is 10. The van der Waals surface area contributed by atoms with Crippen molar-refractivity contribution in [3.05, 3.63) is 91.1 Å². The van der Waals surface area contributed by atoms with E-state index in [0.717, 1.165) is 33.2 Å². The third-order valence-corrected chi connectivity index (χ3v) is 13.4. The van der Waals surface area contributed by atoms with Crippen molar-refractivity contribution in [3.8, 4) is 0 Å². The minimum atomic E-state index is -3.74. The lowest BCUT2D eigenvalue weighted by atomic mass is 10.2. The van der Waals surface area contributed by atoms with Gasteiger partial charge in [0.05, 0.1) is 30.4 Å².